The summed E-state index contributed by atoms with van der Waals surface area (Å²) in [5.74, 6) is -1.06. The third-order valence-corrected chi connectivity index (χ3v) is 3.20. The van der Waals surface area contributed by atoms with Gasteiger partial charge in [0.15, 0.2) is 0 Å². The summed E-state index contributed by atoms with van der Waals surface area (Å²) in [6.07, 6.45) is 0. The minimum absolute atomic E-state index is 0.141. The number of nitrogens with one attached hydrogen (secondary N) is 1. The fourth-order valence-electron chi connectivity index (χ4n) is 1.88. The second-order valence-corrected chi connectivity index (χ2v) is 4.93. The molecule has 0 aromatic heterocycles. The molecular formula is C15H14ClFN2O2. The average Bonchev–Trinajstić information content (AvgIpc) is 2.42. The van der Waals surface area contributed by atoms with Crippen molar-refractivity contribution in [1.82, 2.24) is 0 Å². The maximum absolute atomic E-state index is 13.9. The average molecular weight is 309 g/mol. The SMILES string of the molecule is COC(=O)c1cc(N)cc(Cl)c1Nc1ccc(C)cc1F. The number of nitrogens with two attached hydrogens (primary N) is 1. The summed E-state index contributed by atoms with van der Waals surface area (Å²) in [4.78, 5) is 11.8. The predicted octanol–water partition coefficient (Wildman–Crippen LogP) is 3.90. The number of benzene rings is 2. The molecule has 0 heterocycles. The van der Waals surface area contributed by atoms with Crippen molar-refractivity contribution < 1.29 is 13.9 Å². The van der Waals surface area contributed by atoms with Gasteiger partial charge in [0.2, 0.25) is 0 Å². The number of hydrogen-bond donors (Lipinski definition) is 2. The molecule has 6 heteroatoms. The standard InChI is InChI=1S/C15H14ClFN2O2/c1-8-3-4-13(12(17)5-8)19-14-10(15(20)21-2)6-9(18)7-11(14)16/h3-7,19H,18H2,1-2H3. The van der Waals surface area contributed by atoms with Gasteiger partial charge in [-0.15, -0.1) is 0 Å². The molecule has 0 saturated carbocycles. The highest BCUT2D eigenvalue weighted by molar-refractivity contribution is 6.34. The lowest BCUT2D eigenvalue weighted by Gasteiger charge is -2.14. The molecule has 0 atom stereocenters. The van der Waals surface area contributed by atoms with Gasteiger partial charge < -0.3 is 15.8 Å². The Bertz CT molecular complexity index is 704. The van der Waals surface area contributed by atoms with Gasteiger partial charge in [-0.2, -0.15) is 0 Å². The zero-order valence-electron chi connectivity index (χ0n) is 11.5. The molecule has 2 aromatic rings. The third-order valence-electron chi connectivity index (χ3n) is 2.90. The van der Waals surface area contributed by atoms with E-state index in [1.54, 1.807) is 19.1 Å². The number of carbonyl (C=O) groups is 1. The van der Waals surface area contributed by atoms with Crippen LogP contribution in [0.15, 0.2) is 30.3 Å². The van der Waals surface area contributed by atoms with Crippen molar-refractivity contribution in [3.05, 3.63) is 52.3 Å². The van der Waals surface area contributed by atoms with Gasteiger partial charge >= 0.3 is 5.97 Å². The first-order valence-electron chi connectivity index (χ1n) is 6.13. The van der Waals surface area contributed by atoms with Crippen LogP contribution in [0.25, 0.3) is 0 Å². The topological polar surface area (TPSA) is 64.3 Å². The predicted molar refractivity (Wildman–Crippen MR) is 81.6 cm³/mol. The van der Waals surface area contributed by atoms with Crippen LogP contribution < -0.4 is 11.1 Å². The fraction of sp³-hybridized carbons (Fsp3) is 0.133. The van der Waals surface area contributed by atoms with Crippen LogP contribution in [0.4, 0.5) is 21.5 Å². The molecule has 0 fully saturated rings. The van der Waals surface area contributed by atoms with Crippen molar-refractivity contribution in [3.8, 4) is 0 Å². The van der Waals surface area contributed by atoms with Gasteiger partial charge in [-0.05, 0) is 36.8 Å². The van der Waals surface area contributed by atoms with E-state index < -0.39 is 11.8 Å². The molecule has 0 unspecified atom stereocenters. The lowest BCUT2D eigenvalue weighted by molar-refractivity contribution is 0.0602. The Hall–Kier alpha value is -2.27. The number of hydrogen-bond acceptors (Lipinski definition) is 4. The van der Waals surface area contributed by atoms with E-state index in [9.17, 15) is 9.18 Å². The van der Waals surface area contributed by atoms with E-state index in [1.165, 1.54) is 25.3 Å². The highest BCUT2D eigenvalue weighted by Gasteiger charge is 2.17. The molecule has 0 amide bonds. The second-order valence-electron chi connectivity index (χ2n) is 4.53. The van der Waals surface area contributed by atoms with Crippen molar-refractivity contribution in [2.45, 2.75) is 6.92 Å². The zero-order chi connectivity index (χ0) is 15.6. The summed E-state index contributed by atoms with van der Waals surface area (Å²) in [5, 5.41) is 3.02. The highest BCUT2D eigenvalue weighted by atomic mass is 35.5. The number of anilines is 3. The van der Waals surface area contributed by atoms with Gasteiger partial charge in [0, 0.05) is 5.69 Å². The lowest BCUT2D eigenvalue weighted by Crippen LogP contribution is -2.08. The minimum Gasteiger partial charge on any atom is -0.465 e. The number of methoxy groups -OCH3 is 1. The first-order chi connectivity index (χ1) is 9.92. The molecule has 0 radical (unpaired) electrons. The number of ether oxygens (including phenoxy) is 1. The largest absolute Gasteiger partial charge is 0.465 e. The van der Waals surface area contributed by atoms with E-state index >= 15 is 0 Å². The van der Waals surface area contributed by atoms with Crippen molar-refractivity contribution in [1.29, 1.82) is 0 Å². The molecule has 4 nitrogen and oxygen atoms in total. The maximum atomic E-state index is 13.9. The number of aryl methyl sites for hydroxylation is 1. The van der Waals surface area contributed by atoms with Crippen LogP contribution in [0.1, 0.15) is 15.9 Å². The van der Waals surface area contributed by atoms with Crippen molar-refractivity contribution in [2.24, 2.45) is 0 Å². The van der Waals surface area contributed by atoms with Gasteiger partial charge in [0.1, 0.15) is 5.82 Å². The molecule has 2 rings (SSSR count). The van der Waals surface area contributed by atoms with Crippen LogP contribution in [-0.2, 0) is 4.74 Å². The van der Waals surface area contributed by atoms with Crippen LogP contribution in [0.2, 0.25) is 5.02 Å². The van der Waals surface area contributed by atoms with E-state index in [0.29, 0.717) is 5.69 Å². The van der Waals surface area contributed by atoms with E-state index in [0.717, 1.165) is 5.56 Å². The molecular weight excluding hydrogens is 295 g/mol. The molecule has 3 N–H and O–H groups in total. The van der Waals surface area contributed by atoms with Crippen LogP contribution >= 0.6 is 11.6 Å². The van der Waals surface area contributed by atoms with Gasteiger partial charge in [-0.1, -0.05) is 17.7 Å². The Morgan fingerprint density at radius 3 is 2.67 bits per heavy atom. The first-order valence-corrected chi connectivity index (χ1v) is 6.50. The molecule has 0 saturated heterocycles. The van der Waals surface area contributed by atoms with Crippen molar-refractivity contribution in [2.75, 3.05) is 18.2 Å². The molecule has 2 aromatic carbocycles. The van der Waals surface area contributed by atoms with Crippen molar-refractivity contribution >= 4 is 34.6 Å². The van der Waals surface area contributed by atoms with Crippen LogP contribution in [0.3, 0.4) is 0 Å². The Morgan fingerprint density at radius 1 is 1.33 bits per heavy atom. The monoisotopic (exact) mass is 308 g/mol. The molecule has 0 bridgehead atoms. The quantitative estimate of drug-likeness (QED) is 0.666. The lowest BCUT2D eigenvalue weighted by atomic mass is 10.1. The van der Waals surface area contributed by atoms with Crippen molar-refractivity contribution in [3.63, 3.8) is 0 Å². The third kappa shape index (κ3) is 3.25. The maximum Gasteiger partial charge on any atom is 0.340 e. The molecule has 0 aliphatic heterocycles. The number of esters is 1. The normalized spacial score (nSPS) is 10.3. The Labute approximate surface area is 126 Å². The van der Waals surface area contributed by atoms with Gasteiger partial charge in [-0.3, -0.25) is 0 Å². The molecule has 0 spiro atoms. The van der Waals surface area contributed by atoms with Gasteiger partial charge in [0.05, 0.1) is 29.1 Å². The number of nitrogen functional groups attached to an aromatic ring is 1. The minimum atomic E-state index is -0.612. The summed E-state index contributed by atoms with van der Waals surface area (Å²) in [7, 11) is 1.25. The Kier molecular flexibility index (Phi) is 4.33. The number of carbonyl (C=O) groups excluding carboxylic acids is 1. The summed E-state index contributed by atoms with van der Waals surface area (Å²) in [6, 6.07) is 7.59. The Balaban J connectivity index is 2.50. The second kappa shape index (κ2) is 6.01. The number of halogens is 2. The smallest absolute Gasteiger partial charge is 0.340 e. The Morgan fingerprint density at radius 2 is 2.05 bits per heavy atom. The van der Waals surface area contributed by atoms with Crippen LogP contribution in [0, 0.1) is 12.7 Å². The van der Waals surface area contributed by atoms with Gasteiger partial charge in [-0.25, -0.2) is 9.18 Å². The van der Waals surface area contributed by atoms with Gasteiger partial charge in [0.25, 0.3) is 0 Å². The van der Waals surface area contributed by atoms with E-state index in [2.05, 4.69) is 10.1 Å². The molecule has 21 heavy (non-hydrogen) atoms. The number of rotatable bonds is 3. The first kappa shape index (κ1) is 15.1. The molecule has 0 aliphatic rings. The summed E-state index contributed by atoms with van der Waals surface area (Å²) in [6.45, 7) is 1.78. The summed E-state index contributed by atoms with van der Waals surface area (Å²) < 4.78 is 18.6. The van der Waals surface area contributed by atoms with E-state index in [4.69, 9.17) is 17.3 Å². The fourth-order valence-corrected chi connectivity index (χ4v) is 2.16. The molecule has 0 aliphatic carbocycles. The van der Waals surface area contributed by atoms with E-state index in [-0.39, 0.29) is 22.0 Å². The zero-order valence-corrected chi connectivity index (χ0v) is 12.3. The highest BCUT2D eigenvalue weighted by Crippen LogP contribution is 2.33. The van der Waals surface area contributed by atoms with Crippen LogP contribution in [0.5, 0.6) is 0 Å². The summed E-state index contributed by atoms with van der Waals surface area (Å²) >= 11 is 6.10. The van der Waals surface area contributed by atoms with Crippen LogP contribution in [-0.4, -0.2) is 13.1 Å². The van der Waals surface area contributed by atoms with E-state index in [1.807, 2.05) is 0 Å². The summed E-state index contributed by atoms with van der Waals surface area (Å²) in [5.41, 5.74) is 7.37. The molecule has 110 valence electrons.